The van der Waals surface area contributed by atoms with Crippen molar-refractivity contribution in [2.45, 2.75) is 38.8 Å². The number of aromatic nitrogens is 6. The molecule has 4 aromatic rings. The average molecular weight is 471 g/mol. The predicted molar refractivity (Wildman–Crippen MR) is 127 cm³/mol. The summed E-state index contributed by atoms with van der Waals surface area (Å²) in [5, 5.41) is 11.3. The van der Waals surface area contributed by atoms with Crippen LogP contribution in [-0.4, -0.2) is 42.2 Å². The molecule has 0 aliphatic carbocycles. The fraction of sp³-hybridized carbons (Fsp3) is 0.280. The van der Waals surface area contributed by atoms with E-state index in [9.17, 15) is 9.18 Å². The van der Waals surface area contributed by atoms with Crippen molar-refractivity contribution >= 4 is 17.7 Å². The molecule has 1 N–H and O–H groups in total. The molecule has 1 amide bonds. The molecule has 0 atom stereocenters. The van der Waals surface area contributed by atoms with Gasteiger partial charge >= 0.3 is 0 Å². The fourth-order valence-corrected chi connectivity index (χ4v) is 4.69. The third kappa shape index (κ3) is 4.11. The number of nitrogens with one attached hydrogen (secondary N) is 1. The first kappa shape index (κ1) is 21.3. The molecular formula is C25H23FN8O. The van der Waals surface area contributed by atoms with Gasteiger partial charge in [-0.25, -0.2) is 19.3 Å². The van der Waals surface area contributed by atoms with Crippen LogP contribution in [0.1, 0.15) is 40.2 Å². The monoisotopic (exact) mass is 470 g/mol. The molecule has 0 unspecified atom stereocenters. The van der Waals surface area contributed by atoms with Crippen molar-refractivity contribution in [3.8, 4) is 11.5 Å². The molecule has 10 heteroatoms. The summed E-state index contributed by atoms with van der Waals surface area (Å²) in [5.74, 6) is 1.48. The Kier molecular flexibility index (Phi) is 5.40. The number of nitrogens with zero attached hydrogens (tertiary/aromatic N) is 7. The van der Waals surface area contributed by atoms with Crippen LogP contribution >= 0.6 is 0 Å². The van der Waals surface area contributed by atoms with Gasteiger partial charge in [0.05, 0.1) is 5.56 Å². The van der Waals surface area contributed by atoms with Crippen LogP contribution in [0.15, 0.2) is 48.8 Å². The summed E-state index contributed by atoms with van der Waals surface area (Å²) in [4.78, 5) is 28.2. The second-order valence-corrected chi connectivity index (χ2v) is 8.73. The molecule has 0 bridgehead atoms. The normalized spacial score (nSPS) is 14.8. The van der Waals surface area contributed by atoms with Gasteiger partial charge in [0, 0.05) is 38.4 Å². The third-order valence-corrected chi connectivity index (χ3v) is 6.46. The van der Waals surface area contributed by atoms with E-state index in [4.69, 9.17) is 0 Å². The molecule has 1 aromatic carbocycles. The first-order valence-corrected chi connectivity index (χ1v) is 11.7. The topological polar surface area (TPSA) is 102 Å². The number of carbonyl (C=O) groups is 1. The number of amides is 1. The van der Waals surface area contributed by atoms with E-state index in [0.717, 1.165) is 42.8 Å². The Balaban J connectivity index is 1.24. The molecule has 0 spiro atoms. The predicted octanol–water partition coefficient (Wildman–Crippen LogP) is 3.42. The lowest BCUT2D eigenvalue weighted by atomic mass is 9.96. The molecule has 0 fully saturated rings. The molecule has 0 saturated carbocycles. The van der Waals surface area contributed by atoms with Crippen molar-refractivity contribution in [2.75, 3.05) is 16.8 Å². The number of halogens is 1. The number of aryl methyl sites for hydroxylation is 1. The number of hydrogen-bond acceptors (Lipinski definition) is 7. The number of fused-ring (bicyclic) bond motifs is 2. The van der Waals surface area contributed by atoms with E-state index >= 15 is 0 Å². The average Bonchev–Trinajstić information content (AvgIpc) is 3.33. The maximum atomic E-state index is 14.9. The Bertz CT molecular complexity index is 1400. The van der Waals surface area contributed by atoms with Gasteiger partial charge in [-0.1, -0.05) is 6.07 Å². The van der Waals surface area contributed by atoms with E-state index in [2.05, 4.69) is 35.0 Å². The summed E-state index contributed by atoms with van der Waals surface area (Å²) in [6.45, 7) is 2.04. The summed E-state index contributed by atoms with van der Waals surface area (Å²) < 4.78 is 17.0. The molecule has 2 aliphatic heterocycles. The standard InChI is InChI=1S/C25H23FN8O/c26-19-14-16-8-12-33(25-27-9-4-10-28-25)15-17(16)13-18(19)24(35)30-21-6-3-5-20(29-21)23-32-31-22-7-1-2-11-34(22)23/h3-6,9-10,13-14H,1-2,7-8,11-12,15H2,(H,29,30,35). The highest BCUT2D eigenvalue weighted by atomic mass is 19.1. The number of hydrogen-bond donors (Lipinski definition) is 1. The third-order valence-electron chi connectivity index (χ3n) is 6.46. The molecule has 5 heterocycles. The molecule has 2 aliphatic rings. The molecule has 3 aromatic heterocycles. The van der Waals surface area contributed by atoms with Crippen molar-refractivity contribution < 1.29 is 9.18 Å². The Morgan fingerprint density at radius 1 is 0.971 bits per heavy atom. The van der Waals surface area contributed by atoms with Crippen LogP contribution in [0, 0.1) is 5.82 Å². The highest BCUT2D eigenvalue weighted by Gasteiger charge is 2.23. The Morgan fingerprint density at radius 3 is 2.74 bits per heavy atom. The van der Waals surface area contributed by atoms with Gasteiger partial charge in [0.2, 0.25) is 5.95 Å². The van der Waals surface area contributed by atoms with Crippen LogP contribution in [-0.2, 0) is 25.9 Å². The van der Waals surface area contributed by atoms with E-state index in [0.29, 0.717) is 42.8 Å². The number of benzene rings is 1. The van der Waals surface area contributed by atoms with Crippen LogP contribution in [0.2, 0.25) is 0 Å². The first-order chi connectivity index (χ1) is 17.2. The van der Waals surface area contributed by atoms with Crippen LogP contribution < -0.4 is 10.2 Å². The van der Waals surface area contributed by atoms with E-state index < -0.39 is 11.7 Å². The summed E-state index contributed by atoms with van der Waals surface area (Å²) in [7, 11) is 0. The summed E-state index contributed by atoms with van der Waals surface area (Å²) in [6.07, 6.45) is 7.10. The van der Waals surface area contributed by atoms with E-state index in [1.165, 1.54) is 6.07 Å². The number of carbonyl (C=O) groups excluding carboxylic acids is 1. The van der Waals surface area contributed by atoms with Gasteiger partial charge in [-0.2, -0.15) is 0 Å². The second-order valence-electron chi connectivity index (χ2n) is 8.73. The van der Waals surface area contributed by atoms with Gasteiger partial charge < -0.3 is 14.8 Å². The lowest BCUT2D eigenvalue weighted by Gasteiger charge is -2.29. The highest BCUT2D eigenvalue weighted by molar-refractivity contribution is 6.04. The zero-order valence-electron chi connectivity index (χ0n) is 19.0. The van der Waals surface area contributed by atoms with Crippen LogP contribution in [0.25, 0.3) is 11.5 Å². The maximum Gasteiger partial charge on any atom is 0.259 e. The van der Waals surface area contributed by atoms with Crippen molar-refractivity contribution in [3.05, 3.63) is 77.1 Å². The Labute approximate surface area is 201 Å². The SMILES string of the molecule is O=C(Nc1cccc(-c2nnc3n2CCCC3)n1)c1cc2c(cc1F)CCN(c1ncccn1)C2. The molecular weight excluding hydrogens is 447 g/mol. The molecule has 0 saturated heterocycles. The van der Waals surface area contributed by atoms with Crippen molar-refractivity contribution in [1.82, 2.24) is 29.7 Å². The van der Waals surface area contributed by atoms with Gasteiger partial charge in [0.1, 0.15) is 23.2 Å². The minimum absolute atomic E-state index is 0.0216. The minimum Gasteiger partial charge on any atom is -0.336 e. The molecule has 35 heavy (non-hydrogen) atoms. The second kappa shape index (κ2) is 8.86. The summed E-state index contributed by atoms with van der Waals surface area (Å²) >= 11 is 0. The highest BCUT2D eigenvalue weighted by Crippen LogP contribution is 2.26. The summed E-state index contributed by atoms with van der Waals surface area (Å²) in [6, 6.07) is 10.2. The maximum absolute atomic E-state index is 14.9. The molecule has 6 rings (SSSR count). The van der Waals surface area contributed by atoms with Gasteiger partial charge in [0.25, 0.3) is 5.91 Å². The van der Waals surface area contributed by atoms with Crippen molar-refractivity contribution in [2.24, 2.45) is 0 Å². The Hall–Kier alpha value is -4.21. The van der Waals surface area contributed by atoms with Gasteiger partial charge in [-0.3, -0.25) is 4.79 Å². The molecule has 9 nitrogen and oxygen atoms in total. The lowest BCUT2D eigenvalue weighted by molar-refractivity contribution is 0.102. The minimum atomic E-state index is -0.550. The van der Waals surface area contributed by atoms with E-state index in [1.54, 1.807) is 36.7 Å². The van der Waals surface area contributed by atoms with E-state index in [-0.39, 0.29) is 5.56 Å². The van der Waals surface area contributed by atoms with Crippen molar-refractivity contribution in [1.29, 1.82) is 0 Å². The van der Waals surface area contributed by atoms with Crippen LogP contribution in [0.3, 0.4) is 0 Å². The summed E-state index contributed by atoms with van der Waals surface area (Å²) in [5.41, 5.74) is 2.37. The van der Waals surface area contributed by atoms with Crippen molar-refractivity contribution in [3.63, 3.8) is 0 Å². The molecule has 0 radical (unpaired) electrons. The van der Waals surface area contributed by atoms with Crippen LogP contribution in [0.5, 0.6) is 0 Å². The quantitative estimate of drug-likeness (QED) is 0.488. The number of pyridine rings is 1. The number of anilines is 2. The van der Waals surface area contributed by atoms with Gasteiger partial charge in [-0.15, -0.1) is 10.2 Å². The largest absolute Gasteiger partial charge is 0.336 e. The number of rotatable bonds is 4. The molecule has 176 valence electrons. The van der Waals surface area contributed by atoms with Crippen LogP contribution in [0.4, 0.5) is 16.2 Å². The zero-order chi connectivity index (χ0) is 23.8. The fourth-order valence-electron chi connectivity index (χ4n) is 4.69. The first-order valence-electron chi connectivity index (χ1n) is 11.7. The van der Waals surface area contributed by atoms with Gasteiger partial charge in [-0.05, 0) is 60.7 Å². The van der Waals surface area contributed by atoms with Gasteiger partial charge in [0.15, 0.2) is 5.82 Å². The smallest absolute Gasteiger partial charge is 0.259 e. The zero-order valence-corrected chi connectivity index (χ0v) is 19.0. The van der Waals surface area contributed by atoms with E-state index in [1.807, 2.05) is 11.0 Å². The lowest BCUT2D eigenvalue weighted by Crippen LogP contribution is -2.32. The Morgan fingerprint density at radius 2 is 1.86 bits per heavy atom.